The second-order valence-electron chi connectivity index (χ2n) is 5.93. The SMILES string of the molecule is C=CCN=c1scc(-c2ccc(OCC)cc2)n1-c1ccc(C(C)=O)cc1. The maximum absolute atomic E-state index is 11.6. The van der Waals surface area contributed by atoms with Crippen LogP contribution in [0.1, 0.15) is 24.2 Å². The molecule has 0 aliphatic heterocycles. The molecule has 27 heavy (non-hydrogen) atoms. The molecule has 0 unspecified atom stereocenters. The lowest BCUT2D eigenvalue weighted by Gasteiger charge is -2.11. The van der Waals surface area contributed by atoms with Crippen LogP contribution in [0, 0.1) is 0 Å². The van der Waals surface area contributed by atoms with Gasteiger partial charge in [-0.25, -0.2) is 0 Å². The van der Waals surface area contributed by atoms with Crippen LogP contribution in [0.5, 0.6) is 5.75 Å². The topological polar surface area (TPSA) is 43.6 Å². The normalized spacial score (nSPS) is 11.4. The van der Waals surface area contributed by atoms with Crippen LogP contribution in [0.15, 0.2) is 71.6 Å². The molecule has 1 heterocycles. The van der Waals surface area contributed by atoms with Crippen molar-refractivity contribution in [1.29, 1.82) is 0 Å². The first kappa shape index (κ1) is 18.9. The molecule has 3 aromatic rings. The number of hydrogen-bond acceptors (Lipinski definition) is 4. The molecule has 0 radical (unpaired) electrons. The Bertz CT molecular complexity index is 996. The zero-order valence-electron chi connectivity index (χ0n) is 15.5. The number of carbonyl (C=O) groups excluding carboxylic acids is 1. The summed E-state index contributed by atoms with van der Waals surface area (Å²) in [6.07, 6.45) is 1.78. The van der Waals surface area contributed by atoms with Gasteiger partial charge in [-0.05, 0) is 67.9 Å². The summed E-state index contributed by atoms with van der Waals surface area (Å²) >= 11 is 1.58. The second kappa shape index (κ2) is 8.64. The Morgan fingerprint density at radius 2 is 1.89 bits per heavy atom. The van der Waals surface area contributed by atoms with Gasteiger partial charge in [0.15, 0.2) is 10.6 Å². The Kier molecular flexibility index (Phi) is 6.04. The van der Waals surface area contributed by atoms with Gasteiger partial charge in [-0.3, -0.25) is 14.4 Å². The van der Waals surface area contributed by atoms with Crippen molar-refractivity contribution in [2.75, 3.05) is 13.2 Å². The fourth-order valence-electron chi connectivity index (χ4n) is 2.75. The van der Waals surface area contributed by atoms with Crippen LogP contribution < -0.4 is 9.54 Å². The Hall–Kier alpha value is -2.92. The van der Waals surface area contributed by atoms with Crippen molar-refractivity contribution in [1.82, 2.24) is 4.57 Å². The number of thiazole rings is 1. The van der Waals surface area contributed by atoms with Crippen molar-refractivity contribution in [2.45, 2.75) is 13.8 Å². The largest absolute Gasteiger partial charge is 0.494 e. The first-order valence-corrected chi connectivity index (χ1v) is 9.68. The molecule has 3 rings (SSSR count). The van der Waals surface area contributed by atoms with Gasteiger partial charge in [0, 0.05) is 16.6 Å². The third-order valence-corrected chi connectivity index (χ3v) is 4.92. The van der Waals surface area contributed by atoms with Gasteiger partial charge in [-0.2, -0.15) is 0 Å². The summed E-state index contributed by atoms with van der Waals surface area (Å²) < 4.78 is 7.64. The molecule has 0 saturated heterocycles. The van der Waals surface area contributed by atoms with Crippen LogP contribution in [-0.4, -0.2) is 23.5 Å². The average molecular weight is 378 g/mol. The summed E-state index contributed by atoms with van der Waals surface area (Å²) in [4.78, 5) is 17.1. The van der Waals surface area contributed by atoms with Crippen LogP contribution in [0.3, 0.4) is 0 Å². The molecule has 0 atom stereocenters. The molecule has 0 spiro atoms. The van der Waals surface area contributed by atoms with Gasteiger partial charge < -0.3 is 4.74 Å². The van der Waals surface area contributed by atoms with E-state index >= 15 is 0 Å². The molecule has 0 bridgehead atoms. The molecule has 1 aromatic heterocycles. The number of hydrogen-bond donors (Lipinski definition) is 0. The van der Waals surface area contributed by atoms with E-state index in [1.54, 1.807) is 24.3 Å². The molecular weight excluding hydrogens is 356 g/mol. The van der Waals surface area contributed by atoms with E-state index in [1.807, 2.05) is 55.5 Å². The van der Waals surface area contributed by atoms with Crippen molar-refractivity contribution in [2.24, 2.45) is 4.99 Å². The third kappa shape index (κ3) is 4.26. The van der Waals surface area contributed by atoms with Crippen LogP contribution in [0.2, 0.25) is 0 Å². The molecule has 4 nitrogen and oxygen atoms in total. The minimum atomic E-state index is 0.0557. The highest BCUT2D eigenvalue weighted by atomic mass is 32.1. The molecule has 0 aliphatic rings. The minimum Gasteiger partial charge on any atom is -0.494 e. The van der Waals surface area contributed by atoms with Crippen molar-refractivity contribution in [3.8, 4) is 22.7 Å². The maximum Gasteiger partial charge on any atom is 0.190 e. The van der Waals surface area contributed by atoms with Crippen molar-refractivity contribution in [3.63, 3.8) is 0 Å². The smallest absolute Gasteiger partial charge is 0.190 e. The Morgan fingerprint density at radius 1 is 1.19 bits per heavy atom. The van der Waals surface area contributed by atoms with E-state index in [1.165, 1.54) is 0 Å². The highest BCUT2D eigenvalue weighted by Gasteiger charge is 2.11. The number of benzene rings is 2. The molecule has 138 valence electrons. The Balaban J connectivity index is 2.10. The van der Waals surface area contributed by atoms with E-state index in [4.69, 9.17) is 4.74 Å². The van der Waals surface area contributed by atoms with E-state index < -0.39 is 0 Å². The van der Waals surface area contributed by atoms with Gasteiger partial charge in [0.2, 0.25) is 0 Å². The zero-order valence-corrected chi connectivity index (χ0v) is 16.3. The molecule has 0 fully saturated rings. The number of carbonyl (C=O) groups is 1. The van der Waals surface area contributed by atoms with Gasteiger partial charge in [-0.15, -0.1) is 17.9 Å². The standard InChI is InChI=1S/C22H22N2O2S/c1-4-14-23-22-24(19-10-6-17(7-11-19)16(3)25)21(15-27-22)18-8-12-20(13-9-18)26-5-2/h4,6-13,15H,1,5,14H2,2-3H3. The summed E-state index contributed by atoms with van der Waals surface area (Å²) in [6.45, 7) is 8.49. The van der Waals surface area contributed by atoms with Crippen molar-refractivity contribution in [3.05, 3.63) is 76.9 Å². The van der Waals surface area contributed by atoms with Gasteiger partial charge in [0.1, 0.15) is 5.75 Å². The molecule has 0 aliphatic carbocycles. The van der Waals surface area contributed by atoms with Gasteiger partial charge in [-0.1, -0.05) is 6.08 Å². The predicted molar refractivity (Wildman–Crippen MR) is 111 cm³/mol. The lowest BCUT2D eigenvalue weighted by Crippen LogP contribution is -2.14. The molecule has 0 amide bonds. The third-order valence-electron chi connectivity index (χ3n) is 4.06. The first-order chi connectivity index (χ1) is 13.1. The van der Waals surface area contributed by atoms with E-state index in [9.17, 15) is 4.79 Å². The predicted octanol–water partition coefficient (Wildman–Crippen LogP) is 4.89. The quantitative estimate of drug-likeness (QED) is 0.434. The first-order valence-electron chi connectivity index (χ1n) is 8.80. The van der Waals surface area contributed by atoms with Gasteiger partial charge in [0.25, 0.3) is 0 Å². The summed E-state index contributed by atoms with van der Waals surface area (Å²) in [6, 6.07) is 15.6. The van der Waals surface area contributed by atoms with E-state index in [0.717, 1.165) is 27.5 Å². The number of ketones is 1. The van der Waals surface area contributed by atoms with Crippen molar-refractivity contribution < 1.29 is 9.53 Å². The summed E-state index contributed by atoms with van der Waals surface area (Å²) in [5.41, 5.74) is 3.78. The minimum absolute atomic E-state index is 0.0557. The lowest BCUT2D eigenvalue weighted by atomic mass is 10.1. The van der Waals surface area contributed by atoms with Gasteiger partial charge >= 0.3 is 0 Å². The maximum atomic E-state index is 11.6. The second-order valence-corrected chi connectivity index (χ2v) is 6.77. The monoisotopic (exact) mass is 378 g/mol. The zero-order chi connectivity index (χ0) is 19.2. The number of ether oxygens (including phenoxy) is 1. The number of rotatable bonds is 7. The number of aromatic nitrogens is 1. The molecule has 0 saturated carbocycles. The highest BCUT2D eigenvalue weighted by Crippen LogP contribution is 2.26. The fourth-order valence-corrected chi connectivity index (χ4v) is 3.66. The van der Waals surface area contributed by atoms with E-state index in [0.29, 0.717) is 18.7 Å². The van der Waals surface area contributed by atoms with Crippen LogP contribution >= 0.6 is 11.3 Å². The van der Waals surface area contributed by atoms with E-state index in [2.05, 4.69) is 21.5 Å². The molecular formula is C22H22N2O2S. The Labute approximate surface area is 163 Å². The Morgan fingerprint density at radius 3 is 2.48 bits per heavy atom. The fraction of sp³-hybridized carbons (Fsp3) is 0.182. The molecule has 5 heteroatoms. The van der Waals surface area contributed by atoms with Gasteiger partial charge in [0.05, 0.1) is 18.8 Å². The average Bonchev–Trinajstić information content (AvgIpc) is 3.11. The van der Waals surface area contributed by atoms with E-state index in [-0.39, 0.29) is 5.78 Å². The summed E-state index contributed by atoms with van der Waals surface area (Å²) in [5, 5.41) is 2.09. The van der Waals surface area contributed by atoms with Crippen LogP contribution in [-0.2, 0) is 0 Å². The van der Waals surface area contributed by atoms with Crippen LogP contribution in [0.4, 0.5) is 0 Å². The lowest BCUT2D eigenvalue weighted by molar-refractivity contribution is 0.101. The molecule has 2 aromatic carbocycles. The van der Waals surface area contributed by atoms with Crippen LogP contribution in [0.25, 0.3) is 16.9 Å². The summed E-state index contributed by atoms with van der Waals surface area (Å²) in [7, 11) is 0. The number of nitrogens with zero attached hydrogens (tertiary/aromatic N) is 2. The highest BCUT2D eigenvalue weighted by molar-refractivity contribution is 7.07. The summed E-state index contributed by atoms with van der Waals surface area (Å²) in [5.74, 6) is 0.908. The molecule has 0 N–H and O–H groups in total. The van der Waals surface area contributed by atoms with Crippen molar-refractivity contribution >= 4 is 17.1 Å². The number of Topliss-reactive ketones (excluding diaryl/α,β-unsaturated/α-hetero) is 1.